The van der Waals surface area contributed by atoms with E-state index in [1.165, 1.54) is 0 Å². The Hall–Kier alpha value is -2.99. The van der Waals surface area contributed by atoms with Gasteiger partial charge in [0.2, 0.25) is 5.91 Å². The summed E-state index contributed by atoms with van der Waals surface area (Å²) in [5.74, 6) is 1.12. The van der Waals surface area contributed by atoms with E-state index < -0.39 is 6.17 Å². The third-order valence-electron chi connectivity index (χ3n) is 5.72. The van der Waals surface area contributed by atoms with E-state index in [4.69, 9.17) is 11.6 Å². The van der Waals surface area contributed by atoms with Crippen LogP contribution in [-0.4, -0.2) is 44.8 Å². The van der Waals surface area contributed by atoms with Crippen molar-refractivity contribution in [2.45, 2.75) is 25.4 Å². The highest BCUT2D eigenvalue weighted by Gasteiger charge is 2.34. The molecule has 1 aromatic heterocycles. The van der Waals surface area contributed by atoms with E-state index in [0.29, 0.717) is 5.02 Å². The molecule has 1 atom stereocenters. The summed E-state index contributed by atoms with van der Waals surface area (Å²) < 4.78 is 15.3. The number of rotatable bonds is 3. The number of aromatic nitrogens is 3. The Balaban J connectivity index is 1.64. The Bertz CT molecular complexity index is 1150. The number of hydrogen-bond acceptors (Lipinski definition) is 3. The van der Waals surface area contributed by atoms with E-state index in [-0.39, 0.29) is 31.3 Å². The average molecular weight is 423 g/mol. The Morgan fingerprint density at radius 2 is 1.87 bits per heavy atom. The fourth-order valence-electron chi connectivity index (χ4n) is 4.16. The van der Waals surface area contributed by atoms with E-state index in [1.807, 2.05) is 54.0 Å². The number of nitrogens with zero attached hydrogens (tertiary/aromatic N) is 4. The van der Waals surface area contributed by atoms with Gasteiger partial charge in [-0.1, -0.05) is 48.0 Å². The summed E-state index contributed by atoms with van der Waals surface area (Å²) in [5, 5.41) is 9.36. The van der Waals surface area contributed by atoms with Crippen LogP contribution in [0.1, 0.15) is 35.1 Å². The molecule has 1 amide bonds. The summed E-state index contributed by atoms with van der Waals surface area (Å²) in [6.07, 6.45) is 1.38. The minimum Gasteiger partial charge on any atom is -0.337 e. The van der Waals surface area contributed by atoms with Crippen LogP contribution in [0.5, 0.6) is 0 Å². The fraction of sp³-hybridized carbons (Fsp3) is 0.261. The van der Waals surface area contributed by atoms with Crippen molar-refractivity contribution >= 4 is 23.1 Å². The molecule has 7 heteroatoms. The molecule has 3 aromatic rings. The van der Waals surface area contributed by atoms with Gasteiger partial charge in [0.1, 0.15) is 17.8 Å². The van der Waals surface area contributed by atoms with Gasteiger partial charge < -0.3 is 4.90 Å². The van der Waals surface area contributed by atoms with Crippen molar-refractivity contribution in [3.05, 3.63) is 82.4 Å². The number of carbonyl (C=O) groups excluding carboxylic acids is 1. The predicted molar refractivity (Wildman–Crippen MR) is 113 cm³/mol. The maximum Gasteiger partial charge on any atom is 0.223 e. The van der Waals surface area contributed by atoms with Crippen molar-refractivity contribution in [3.63, 3.8) is 0 Å². The quantitative estimate of drug-likeness (QED) is 0.631. The van der Waals surface area contributed by atoms with Crippen LogP contribution in [0.25, 0.3) is 11.3 Å². The Morgan fingerprint density at radius 3 is 2.60 bits per heavy atom. The predicted octanol–water partition coefficient (Wildman–Crippen LogP) is 4.33. The Labute approximate surface area is 178 Å². The first-order valence-electron chi connectivity index (χ1n) is 9.92. The van der Waals surface area contributed by atoms with Crippen LogP contribution in [-0.2, 0) is 4.79 Å². The molecular weight excluding hydrogens is 403 g/mol. The first-order valence-corrected chi connectivity index (χ1v) is 10.3. The van der Waals surface area contributed by atoms with E-state index in [9.17, 15) is 9.18 Å². The molecule has 0 spiro atoms. The number of aryl methyl sites for hydroxylation is 1. The van der Waals surface area contributed by atoms with Gasteiger partial charge in [0.25, 0.3) is 0 Å². The van der Waals surface area contributed by atoms with Crippen LogP contribution in [0.4, 0.5) is 4.39 Å². The first kappa shape index (κ1) is 19.0. The lowest BCUT2D eigenvalue weighted by Gasteiger charge is -2.35. The lowest BCUT2D eigenvalue weighted by Crippen LogP contribution is -2.51. The third kappa shape index (κ3) is 3.21. The molecule has 5 rings (SSSR count). The molecule has 2 aliphatic heterocycles. The Morgan fingerprint density at radius 1 is 1.13 bits per heavy atom. The second kappa shape index (κ2) is 7.36. The van der Waals surface area contributed by atoms with Gasteiger partial charge >= 0.3 is 0 Å². The van der Waals surface area contributed by atoms with Gasteiger partial charge in [-0.25, -0.2) is 4.39 Å². The number of likely N-dealkylation sites (tertiary alicyclic amines) is 1. The highest BCUT2D eigenvalue weighted by Crippen LogP contribution is 2.38. The summed E-state index contributed by atoms with van der Waals surface area (Å²) >= 11 is 6.10. The molecule has 0 bridgehead atoms. The van der Waals surface area contributed by atoms with E-state index in [0.717, 1.165) is 34.0 Å². The van der Waals surface area contributed by atoms with Crippen LogP contribution >= 0.6 is 11.6 Å². The zero-order chi connectivity index (χ0) is 20.8. The number of amides is 1. The molecule has 152 valence electrons. The normalized spacial score (nSPS) is 18.2. The molecule has 5 nitrogen and oxygen atoms in total. The van der Waals surface area contributed by atoms with Gasteiger partial charge in [0.15, 0.2) is 0 Å². The van der Waals surface area contributed by atoms with E-state index in [1.54, 1.807) is 4.90 Å². The van der Waals surface area contributed by atoms with Gasteiger partial charge in [0, 0.05) is 22.9 Å². The summed E-state index contributed by atoms with van der Waals surface area (Å²) in [6, 6.07) is 15.7. The SMILES string of the molecule is Cc1nnc2n1-c1ccccc1C(c1ccc(Cl)cc1)=C[C@H]2CC(=O)N1CC(F)C1. The number of fused-ring (bicyclic) bond motifs is 3. The molecule has 2 aromatic carbocycles. The molecule has 0 aliphatic carbocycles. The average Bonchev–Trinajstić information content (AvgIpc) is 3.04. The molecular formula is C23H20ClFN4O. The Kier molecular flexibility index (Phi) is 4.66. The van der Waals surface area contributed by atoms with Crippen LogP contribution in [0.15, 0.2) is 54.6 Å². The molecule has 0 N–H and O–H groups in total. The van der Waals surface area contributed by atoms with Crippen molar-refractivity contribution in [1.29, 1.82) is 0 Å². The van der Waals surface area contributed by atoms with Crippen LogP contribution in [0, 0.1) is 6.92 Å². The maximum atomic E-state index is 13.3. The monoisotopic (exact) mass is 422 g/mol. The highest BCUT2D eigenvalue weighted by molar-refractivity contribution is 6.30. The molecule has 2 aliphatic rings. The molecule has 0 radical (unpaired) electrons. The number of benzene rings is 2. The fourth-order valence-corrected chi connectivity index (χ4v) is 4.28. The van der Waals surface area contributed by atoms with Crippen molar-refractivity contribution in [2.24, 2.45) is 0 Å². The second-order valence-corrected chi connectivity index (χ2v) is 8.19. The lowest BCUT2D eigenvalue weighted by atomic mass is 9.92. The highest BCUT2D eigenvalue weighted by atomic mass is 35.5. The summed E-state index contributed by atoms with van der Waals surface area (Å²) in [5.41, 5.74) is 4.02. The largest absolute Gasteiger partial charge is 0.337 e. The summed E-state index contributed by atoms with van der Waals surface area (Å²) in [7, 11) is 0. The minimum absolute atomic E-state index is 0.0706. The third-order valence-corrected chi connectivity index (χ3v) is 5.98. The van der Waals surface area contributed by atoms with Crippen molar-refractivity contribution in [1.82, 2.24) is 19.7 Å². The molecule has 30 heavy (non-hydrogen) atoms. The van der Waals surface area contributed by atoms with E-state index >= 15 is 0 Å². The smallest absolute Gasteiger partial charge is 0.223 e. The molecule has 1 saturated heterocycles. The van der Waals surface area contributed by atoms with Crippen LogP contribution in [0.2, 0.25) is 5.02 Å². The number of alkyl halides is 1. The van der Waals surface area contributed by atoms with E-state index in [2.05, 4.69) is 22.3 Å². The topological polar surface area (TPSA) is 51.0 Å². The standard InChI is InChI=1S/C23H20ClFN4O/c1-14-26-27-23-16(11-22(30)28-12-18(25)13-28)10-20(15-6-8-17(24)9-7-15)19-4-2-3-5-21(19)29(14)23/h2-10,16,18H,11-13H2,1H3/t16-/m0/s1. The zero-order valence-electron chi connectivity index (χ0n) is 16.4. The van der Waals surface area contributed by atoms with Gasteiger partial charge in [0.05, 0.1) is 18.8 Å². The lowest BCUT2D eigenvalue weighted by molar-refractivity contribution is -0.138. The van der Waals surface area contributed by atoms with Gasteiger partial charge in [-0.15, -0.1) is 10.2 Å². The number of hydrogen-bond donors (Lipinski definition) is 0. The van der Waals surface area contributed by atoms with Gasteiger partial charge in [-0.05, 0) is 36.3 Å². The van der Waals surface area contributed by atoms with Crippen LogP contribution in [0.3, 0.4) is 0 Å². The summed E-state index contributed by atoms with van der Waals surface area (Å²) in [4.78, 5) is 14.3. The number of allylic oxidation sites excluding steroid dienone is 1. The van der Waals surface area contributed by atoms with Gasteiger partial charge in [-0.3, -0.25) is 9.36 Å². The maximum absolute atomic E-state index is 13.3. The molecule has 3 heterocycles. The van der Waals surface area contributed by atoms with Crippen molar-refractivity contribution in [3.8, 4) is 5.69 Å². The van der Waals surface area contributed by atoms with Gasteiger partial charge in [-0.2, -0.15) is 0 Å². The second-order valence-electron chi connectivity index (χ2n) is 7.75. The number of carbonyl (C=O) groups is 1. The summed E-state index contributed by atoms with van der Waals surface area (Å²) in [6.45, 7) is 2.25. The first-order chi connectivity index (χ1) is 14.5. The number of para-hydroxylation sites is 1. The molecule has 1 fully saturated rings. The number of halogens is 2. The minimum atomic E-state index is -0.918. The van der Waals surface area contributed by atoms with Crippen molar-refractivity contribution < 1.29 is 9.18 Å². The molecule has 0 saturated carbocycles. The van der Waals surface area contributed by atoms with Crippen molar-refractivity contribution in [2.75, 3.05) is 13.1 Å². The molecule has 0 unspecified atom stereocenters. The zero-order valence-corrected chi connectivity index (χ0v) is 17.2. The van der Waals surface area contributed by atoms with Crippen LogP contribution < -0.4 is 0 Å².